The minimum absolute atomic E-state index is 0.129. The first-order chi connectivity index (χ1) is 10.1. The van der Waals surface area contributed by atoms with Gasteiger partial charge in [0.25, 0.3) is 0 Å². The number of rotatable bonds is 2. The second-order valence-electron chi connectivity index (χ2n) is 5.93. The summed E-state index contributed by atoms with van der Waals surface area (Å²) in [6, 6.07) is 2.56. The van der Waals surface area contributed by atoms with Gasteiger partial charge in [-0.05, 0) is 38.5 Å². The fraction of sp³-hybridized carbons (Fsp3) is 0.333. The van der Waals surface area contributed by atoms with Crippen LogP contribution in [0.15, 0.2) is 18.3 Å². The van der Waals surface area contributed by atoms with Crippen molar-refractivity contribution in [3.8, 4) is 0 Å². The van der Waals surface area contributed by atoms with Crippen LogP contribution in [-0.2, 0) is 16.0 Å². The molecule has 0 saturated heterocycles. The van der Waals surface area contributed by atoms with E-state index in [2.05, 4.69) is 0 Å². The van der Waals surface area contributed by atoms with E-state index in [1.54, 1.807) is 20.8 Å². The molecule has 0 bridgehead atoms. The Labute approximate surface area is 131 Å². The number of carbonyl (C=O) groups is 2. The lowest BCUT2D eigenvalue weighted by atomic mass is 10.1. The molecular formula is C15H16ClFN2O3. The van der Waals surface area contributed by atoms with Crippen molar-refractivity contribution in [1.29, 1.82) is 0 Å². The van der Waals surface area contributed by atoms with Crippen LogP contribution >= 0.6 is 11.6 Å². The lowest BCUT2D eigenvalue weighted by molar-refractivity contribution is -0.117. The van der Waals surface area contributed by atoms with Crippen LogP contribution in [0.1, 0.15) is 26.3 Å². The molecule has 1 aromatic heterocycles. The number of fused-ring (bicyclic) bond motifs is 1. The minimum Gasteiger partial charge on any atom is -0.443 e. The molecule has 2 rings (SSSR count). The minimum atomic E-state index is -0.690. The average molecular weight is 327 g/mol. The SMILES string of the molecule is CC(C)(C)OC(=O)n1cc(Cl)c2cc(CC(N)=O)c(F)cc21. The van der Waals surface area contributed by atoms with E-state index in [1.807, 2.05) is 0 Å². The van der Waals surface area contributed by atoms with Crippen LogP contribution in [0.5, 0.6) is 0 Å². The number of nitrogens with two attached hydrogens (primary N) is 1. The maximum Gasteiger partial charge on any atom is 0.419 e. The summed E-state index contributed by atoms with van der Waals surface area (Å²) < 4.78 is 20.4. The van der Waals surface area contributed by atoms with Gasteiger partial charge >= 0.3 is 6.09 Å². The van der Waals surface area contributed by atoms with Crippen molar-refractivity contribution in [2.75, 3.05) is 0 Å². The number of hydrogen-bond acceptors (Lipinski definition) is 3. The molecule has 0 aliphatic rings. The third kappa shape index (κ3) is 3.39. The first-order valence-corrected chi connectivity index (χ1v) is 6.97. The summed E-state index contributed by atoms with van der Waals surface area (Å²) in [6.07, 6.45) is 0.454. The quantitative estimate of drug-likeness (QED) is 0.920. The first-order valence-electron chi connectivity index (χ1n) is 6.59. The van der Waals surface area contributed by atoms with Crippen LogP contribution in [-0.4, -0.2) is 22.2 Å². The van der Waals surface area contributed by atoms with Gasteiger partial charge in [-0.1, -0.05) is 11.6 Å². The molecular weight excluding hydrogens is 311 g/mol. The van der Waals surface area contributed by atoms with Crippen molar-refractivity contribution < 1.29 is 18.7 Å². The molecule has 0 spiro atoms. The van der Waals surface area contributed by atoms with Crippen LogP contribution in [0, 0.1) is 5.82 Å². The maximum atomic E-state index is 14.1. The fourth-order valence-corrected chi connectivity index (χ4v) is 2.28. The normalized spacial score (nSPS) is 11.7. The van der Waals surface area contributed by atoms with Crippen LogP contribution in [0.3, 0.4) is 0 Å². The number of primary amides is 1. The summed E-state index contributed by atoms with van der Waals surface area (Å²) in [4.78, 5) is 23.1. The molecule has 2 N–H and O–H groups in total. The second-order valence-corrected chi connectivity index (χ2v) is 6.34. The van der Waals surface area contributed by atoms with Crippen molar-refractivity contribution in [2.24, 2.45) is 5.73 Å². The van der Waals surface area contributed by atoms with E-state index in [0.29, 0.717) is 5.39 Å². The van der Waals surface area contributed by atoms with Crippen molar-refractivity contribution in [3.63, 3.8) is 0 Å². The smallest absolute Gasteiger partial charge is 0.419 e. The molecule has 1 heterocycles. The average Bonchev–Trinajstić information content (AvgIpc) is 2.64. The van der Waals surface area contributed by atoms with Crippen LogP contribution in [0.2, 0.25) is 5.02 Å². The van der Waals surface area contributed by atoms with Gasteiger partial charge in [0.15, 0.2) is 0 Å². The topological polar surface area (TPSA) is 74.3 Å². The lowest BCUT2D eigenvalue weighted by Crippen LogP contribution is -2.26. The number of aromatic nitrogens is 1. The van der Waals surface area contributed by atoms with Crippen LogP contribution < -0.4 is 5.73 Å². The number of halogens is 2. The lowest BCUT2D eigenvalue weighted by Gasteiger charge is -2.19. The van der Waals surface area contributed by atoms with E-state index in [1.165, 1.54) is 12.3 Å². The highest BCUT2D eigenvalue weighted by molar-refractivity contribution is 6.36. The van der Waals surface area contributed by atoms with Gasteiger partial charge in [-0.15, -0.1) is 0 Å². The van der Waals surface area contributed by atoms with E-state index in [-0.39, 0.29) is 22.5 Å². The molecule has 0 atom stereocenters. The largest absolute Gasteiger partial charge is 0.443 e. The van der Waals surface area contributed by atoms with Crippen molar-refractivity contribution in [3.05, 3.63) is 34.7 Å². The molecule has 1 aromatic carbocycles. The van der Waals surface area contributed by atoms with E-state index in [4.69, 9.17) is 22.1 Å². The Morgan fingerprint density at radius 1 is 1.36 bits per heavy atom. The molecule has 0 fully saturated rings. The zero-order valence-corrected chi connectivity index (χ0v) is 13.2. The summed E-state index contributed by atoms with van der Waals surface area (Å²) in [5, 5.41) is 0.705. The predicted octanol–water partition coefficient (Wildman–Crippen LogP) is 3.24. The molecule has 0 aliphatic heterocycles. The molecule has 0 unspecified atom stereocenters. The molecule has 0 radical (unpaired) electrons. The number of nitrogens with zero attached hydrogens (tertiary/aromatic N) is 1. The molecule has 0 aliphatic carbocycles. The van der Waals surface area contributed by atoms with E-state index in [0.717, 1.165) is 10.6 Å². The molecule has 118 valence electrons. The summed E-state index contributed by atoms with van der Waals surface area (Å²) in [7, 11) is 0. The van der Waals surface area contributed by atoms with E-state index in [9.17, 15) is 14.0 Å². The molecule has 5 nitrogen and oxygen atoms in total. The zero-order chi connectivity index (χ0) is 16.7. The van der Waals surface area contributed by atoms with Gasteiger partial charge < -0.3 is 10.5 Å². The highest BCUT2D eigenvalue weighted by Crippen LogP contribution is 2.29. The number of benzene rings is 1. The van der Waals surface area contributed by atoms with Gasteiger partial charge in [0.2, 0.25) is 5.91 Å². The standard InChI is InChI=1S/C15H16ClFN2O3/c1-15(2,3)22-14(21)19-7-10(16)9-4-8(5-13(18)20)11(17)6-12(9)19/h4,6-7H,5H2,1-3H3,(H2,18,20). The Morgan fingerprint density at radius 2 is 2.00 bits per heavy atom. The number of hydrogen-bond donors (Lipinski definition) is 1. The Morgan fingerprint density at radius 3 is 2.55 bits per heavy atom. The highest BCUT2D eigenvalue weighted by Gasteiger charge is 2.21. The summed E-state index contributed by atoms with van der Waals surface area (Å²) in [5.74, 6) is -1.29. The fourth-order valence-electron chi connectivity index (χ4n) is 2.04. The third-order valence-electron chi connectivity index (χ3n) is 2.88. The molecule has 7 heteroatoms. The Kier molecular flexibility index (Phi) is 4.15. The van der Waals surface area contributed by atoms with Crippen molar-refractivity contribution in [1.82, 2.24) is 4.57 Å². The maximum absolute atomic E-state index is 14.1. The van der Waals surface area contributed by atoms with Crippen molar-refractivity contribution >= 4 is 34.5 Å². The molecule has 22 heavy (non-hydrogen) atoms. The van der Waals surface area contributed by atoms with Crippen LogP contribution in [0.4, 0.5) is 9.18 Å². The van der Waals surface area contributed by atoms with Gasteiger partial charge in [-0.2, -0.15) is 0 Å². The van der Waals surface area contributed by atoms with Gasteiger partial charge in [-0.25, -0.2) is 9.18 Å². The third-order valence-corrected chi connectivity index (χ3v) is 3.18. The number of amides is 1. The molecule has 2 aromatic rings. The Hall–Kier alpha value is -2.08. The van der Waals surface area contributed by atoms with Crippen LogP contribution in [0.25, 0.3) is 10.9 Å². The van der Waals surface area contributed by atoms with E-state index >= 15 is 0 Å². The predicted molar refractivity (Wildman–Crippen MR) is 81.4 cm³/mol. The number of ether oxygens (including phenoxy) is 1. The highest BCUT2D eigenvalue weighted by atomic mass is 35.5. The number of carbonyl (C=O) groups excluding carboxylic acids is 2. The molecule has 0 saturated carbocycles. The summed E-state index contributed by atoms with van der Waals surface area (Å²) >= 11 is 6.09. The van der Waals surface area contributed by atoms with Gasteiger partial charge in [0.1, 0.15) is 11.4 Å². The van der Waals surface area contributed by atoms with E-state index < -0.39 is 23.4 Å². The van der Waals surface area contributed by atoms with Crippen molar-refractivity contribution in [2.45, 2.75) is 32.8 Å². The monoisotopic (exact) mass is 326 g/mol. The van der Waals surface area contributed by atoms with Gasteiger partial charge in [0, 0.05) is 11.6 Å². The van der Waals surface area contributed by atoms with Gasteiger partial charge in [-0.3, -0.25) is 9.36 Å². The first kappa shape index (κ1) is 16.3. The summed E-state index contributed by atoms with van der Waals surface area (Å²) in [6.45, 7) is 5.18. The Bertz CT molecular complexity index is 762. The summed E-state index contributed by atoms with van der Waals surface area (Å²) in [5.41, 5.74) is 4.79. The second kappa shape index (κ2) is 5.61. The van der Waals surface area contributed by atoms with Gasteiger partial charge in [0.05, 0.1) is 17.0 Å². The molecule has 1 amide bonds. The zero-order valence-electron chi connectivity index (χ0n) is 12.4. The Balaban J connectivity index is 2.53.